The summed E-state index contributed by atoms with van der Waals surface area (Å²) in [6.07, 6.45) is 1.00. The molecule has 0 heterocycles. The van der Waals surface area contributed by atoms with Crippen molar-refractivity contribution in [2.75, 3.05) is 32.8 Å². The fourth-order valence-corrected chi connectivity index (χ4v) is 4.14. The molecule has 1 atom stereocenters. The highest BCUT2D eigenvalue weighted by molar-refractivity contribution is 5.60. The quantitative estimate of drug-likeness (QED) is 0.105. The van der Waals surface area contributed by atoms with Crippen LogP contribution >= 0.6 is 0 Å². The minimum Gasteiger partial charge on any atom is -0.464 e. The lowest BCUT2D eigenvalue weighted by molar-refractivity contribution is -0.133. The second-order valence-electron chi connectivity index (χ2n) is 11.5. The van der Waals surface area contributed by atoms with E-state index >= 15 is 0 Å². The van der Waals surface area contributed by atoms with Crippen LogP contribution < -0.4 is 0 Å². The fourth-order valence-electron chi connectivity index (χ4n) is 4.14. The summed E-state index contributed by atoms with van der Waals surface area (Å²) in [5, 5.41) is 0. The molecule has 0 rings (SSSR count). The molecule has 0 aliphatic carbocycles. The second kappa shape index (κ2) is 20.0. The number of rotatable bonds is 20. The molecule has 0 spiro atoms. The van der Waals surface area contributed by atoms with Gasteiger partial charge in [0.2, 0.25) is 0 Å². The first-order valence-corrected chi connectivity index (χ1v) is 13.8. The highest BCUT2D eigenvalue weighted by Gasteiger charge is 2.21. The summed E-state index contributed by atoms with van der Waals surface area (Å²) in [4.78, 5) is 37.1. The van der Waals surface area contributed by atoms with E-state index in [0.717, 1.165) is 25.7 Å². The van der Waals surface area contributed by atoms with Gasteiger partial charge in [-0.3, -0.25) is 9.69 Å². The Labute approximate surface area is 224 Å². The Bertz CT molecular complexity index is 559. The molecular formula is C28H53NO8. The van der Waals surface area contributed by atoms with Gasteiger partial charge in [0.25, 0.3) is 6.47 Å². The van der Waals surface area contributed by atoms with Gasteiger partial charge in [-0.1, -0.05) is 55.4 Å². The van der Waals surface area contributed by atoms with E-state index in [-0.39, 0.29) is 31.5 Å². The van der Waals surface area contributed by atoms with Crippen LogP contribution in [-0.4, -0.2) is 74.8 Å². The molecule has 0 amide bonds. The van der Waals surface area contributed by atoms with E-state index in [1.165, 1.54) is 0 Å². The molecule has 0 aliphatic rings. The Morgan fingerprint density at radius 1 is 0.649 bits per heavy atom. The van der Waals surface area contributed by atoms with Crippen LogP contribution in [0.2, 0.25) is 0 Å². The van der Waals surface area contributed by atoms with Crippen LogP contribution in [0.25, 0.3) is 0 Å². The number of carbonyl (C=O) groups excluding carboxylic acids is 3. The Kier molecular flexibility index (Phi) is 18.9. The maximum absolute atomic E-state index is 12.3. The summed E-state index contributed by atoms with van der Waals surface area (Å²) in [6.45, 7) is 20.2. The van der Waals surface area contributed by atoms with Crippen LogP contribution in [0.5, 0.6) is 0 Å². The number of ether oxygens (including phenoxy) is 5. The molecule has 0 aromatic carbocycles. The molecule has 0 aliphatic heterocycles. The predicted molar refractivity (Wildman–Crippen MR) is 143 cm³/mol. The van der Waals surface area contributed by atoms with Gasteiger partial charge in [0.05, 0.1) is 0 Å². The molecule has 0 bridgehead atoms. The molecule has 218 valence electrons. The van der Waals surface area contributed by atoms with Crippen LogP contribution in [-0.2, 0) is 28.5 Å². The van der Waals surface area contributed by atoms with E-state index in [2.05, 4.69) is 55.4 Å². The van der Waals surface area contributed by atoms with E-state index in [1.54, 1.807) is 6.92 Å². The molecule has 9 nitrogen and oxygen atoms in total. The lowest BCUT2D eigenvalue weighted by atomic mass is 9.98. The van der Waals surface area contributed by atoms with Crippen LogP contribution in [0.4, 0.5) is 9.59 Å². The first-order chi connectivity index (χ1) is 17.3. The molecule has 0 aromatic rings. The largest absolute Gasteiger partial charge is 0.508 e. The van der Waals surface area contributed by atoms with Crippen molar-refractivity contribution in [2.24, 2.45) is 23.7 Å². The van der Waals surface area contributed by atoms with Gasteiger partial charge in [-0.25, -0.2) is 9.59 Å². The van der Waals surface area contributed by atoms with Gasteiger partial charge in [0, 0.05) is 19.6 Å². The lowest BCUT2D eigenvalue weighted by Crippen LogP contribution is -2.38. The van der Waals surface area contributed by atoms with Crippen molar-refractivity contribution in [1.29, 1.82) is 0 Å². The molecule has 0 fully saturated rings. The first kappa shape index (κ1) is 35.0. The molecule has 0 aromatic heterocycles. The maximum Gasteiger partial charge on any atom is 0.508 e. The molecule has 1 unspecified atom stereocenters. The van der Waals surface area contributed by atoms with Crippen molar-refractivity contribution < 1.29 is 38.1 Å². The van der Waals surface area contributed by atoms with Crippen molar-refractivity contribution in [2.45, 2.75) is 106 Å². The smallest absolute Gasteiger partial charge is 0.464 e. The second-order valence-corrected chi connectivity index (χ2v) is 11.5. The third-order valence-electron chi connectivity index (χ3n) is 5.52. The van der Waals surface area contributed by atoms with Crippen molar-refractivity contribution in [1.82, 2.24) is 4.90 Å². The standard InChI is InChI=1S/C28H53NO8/c1-20(2)14-25(15-21(3)4)36-27(31)33-12-10-29(18-24(9)35-19-30)11-13-34-28(32)37-26(16-22(5)6)17-23(7)8/h19-26H,10-18H2,1-9H3. The summed E-state index contributed by atoms with van der Waals surface area (Å²) in [6, 6.07) is 0. The zero-order valence-electron chi connectivity index (χ0n) is 24.7. The maximum atomic E-state index is 12.3. The van der Waals surface area contributed by atoms with E-state index < -0.39 is 12.3 Å². The van der Waals surface area contributed by atoms with Gasteiger partial charge in [-0.15, -0.1) is 0 Å². The van der Waals surface area contributed by atoms with Gasteiger partial charge in [0.1, 0.15) is 31.5 Å². The number of carbonyl (C=O) groups is 3. The van der Waals surface area contributed by atoms with Crippen molar-refractivity contribution >= 4 is 18.8 Å². The average Bonchev–Trinajstić information content (AvgIpc) is 2.71. The predicted octanol–water partition coefficient (Wildman–Crippen LogP) is 6.08. The summed E-state index contributed by atoms with van der Waals surface area (Å²) in [5.74, 6) is 1.63. The monoisotopic (exact) mass is 531 g/mol. The zero-order valence-corrected chi connectivity index (χ0v) is 24.7. The SMILES string of the molecule is CC(C)CC(CC(C)C)OC(=O)OCCN(CCOC(=O)OC(CC(C)C)CC(C)C)CC(C)OC=O. The Hall–Kier alpha value is -2.03. The van der Waals surface area contributed by atoms with Gasteiger partial charge in [-0.05, 0) is 56.3 Å². The van der Waals surface area contributed by atoms with Crippen molar-refractivity contribution in [3.8, 4) is 0 Å². The third kappa shape index (κ3) is 20.7. The van der Waals surface area contributed by atoms with Crippen LogP contribution in [0, 0.1) is 23.7 Å². The van der Waals surface area contributed by atoms with Crippen LogP contribution in [0.1, 0.15) is 88.0 Å². The van der Waals surface area contributed by atoms with Crippen molar-refractivity contribution in [3.05, 3.63) is 0 Å². The zero-order chi connectivity index (χ0) is 28.4. The third-order valence-corrected chi connectivity index (χ3v) is 5.52. The van der Waals surface area contributed by atoms with Gasteiger partial charge in [-0.2, -0.15) is 0 Å². The summed E-state index contributed by atoms with van der Waals surface area (Å²) in [7, 11) is 0. The topological polar surface area (TPSA) is 101 Å². The van der Waals surface area contributed by atoms with E-state index in [1.807, 2.05) is 4.90 Å². The van der Waals surface area contributed by atoms with Crippen LogP contribution in [0.15, 0.2) is 0 Å². The Morgan fingerprint density at radius 2 is 1.00 bits per heavy atom. The number of hydrogen-bond donors (Lipinski definition) is 0. The molecule has 37 heavy (non-hydrogen) atoms. The fraction of sp³-hybridized carbons (Fsp3) is 0.893. The van der Waals surface area contributed by atoms with E-state index in [4.69, 9.17) is 23.7 Å². The minimum absolute atomic E-state index is 0.0953. The first-order valence-electron chi connectivity index (χ1n) is 13.8. The summed E-state index contributed by atoms with van der Waals surface area (Å²) < 4.78 is 26.7. The number of nitrogens with zero attached hydrogens (tertiary/aromatic N) is 1. The van der Waals surface area contributed by atoms with Gasteiger partial charge < -0.3 is 23.7 Å². The van der Waals surface area contributed by atoms with Crippen LogP contribution in [0.3, 0.4) is 0 Å². The Morgan fingerprint density at radius 3 is 1.30 bits per heavy atom. The van der Waals surface area contributed by atoms with E-state index in [0.29, 0.717) is 49.8 Å². The van der Waals surface area contributed by atoms with Gasteiger partial charge >= 0.3 is 12.3 Å². The Balaban J connectivity index is 4.75. The van der Waals surface area contributed by atoms with E-state index in [9.17, 15) is 14.4 Å². The van der Waals surface area contributed by atoms with Crippen molar-refractivity contribution in [3.63, 3.8) is 0 Å². The molecule has 0 N–H and O–H groups in total. The average molecular weight is 532 g/mol. The number of hydrogen-bond acceptors (Lipinski definition) is 9. The molecule has 9 heteroatoms. The molecule has 0 saturated heterocycles. The minimum atomic E-state index is -0.690. The highest BCUT2D eigenvalue weighted by Crippen LogP contribution is 2.18. The lowest BCUT2D eigenvalue weighted by Gasteiger charge is -2.25. The normalized spacial score (nSPS) is 12.6. The molecule has 0 saturated carbocycles. The van der Waals surface area contributed by atoms with Gasteiger partial charge in [0.15, 0.2) is 0 Å². The summed E-state index contributed by atoms with van der Waals surface area (Å²) >= 11 is 0. The summed E-state index contributed by atoms with van der Waals surface area (Å²) in [5.41, 5.74) is 0. The molecular weight excluding hydrogens is 478 g/mol. The highest BCUT2D eigenvalue weighted by atomic mass is 16.7. The molecule has 0 radical (unpaired) electrons.